The Bertz CT molecular complexity index is 1560. The van der Waals surface area contributed by atoms with Gasteiger partial charge in [0.1, 0.15) is 22.8 Å². The standard InChI is InChI=1S/C33H34O7/c1-17(2)25-27(36)23(18(3)34)29(38)33(40)30(39)26-28(37)24-21(15-31(26,4)16-32(25,33)5)20(13-14-22(24)35)12-11-19-9-7-6-8-10-19/h6-14,17,25,35-36,39-40H,15-16H2,1-5H3/b12-11+/t25?,31-,32-,33+/m1/s1. The van der Waals surface area contributed by atoms with Crippen LogP contribution in [0.25, 0.3) is 12.2 Å². The Balaban J connectivity index is 1.75. The first-order valence-corrected chi connectivity index (χ1v) is 13.5. The number of ketones is 3. The van der Waals surface area contributed by atoms with Gasteiger partial charge in [0.05, 0.1) is 5.56 Å². The molecule has 208 valence electrons. The Morgan fingerprint density at radius 2 is 1.65 bits per heavy atom. The van der Waals surface area contributed by atoms with Gasteiger partial charge in [0, 0.05) is 22.3 Å². The summed E-state index contributed by atoms with van der Waals surface area (Å²) in [7, 11) is 0. The van der Waals surface area contributed by atoms with Gasteiger partial charge in [0.2, 0.25) is 5.78 Å². The van der Waals surface area contributed by atoms with Gasteiger partial charge in [-0.1, -0.05) is 76.2 Å². The molecule has 0 heterocycles. The van der Waals surface area contributed by atoms with E-state index in [1.54, 1.807) is 19.9 Å². The Morgan fingerprint density at radius 1 is 1.00 bits per heavy atom. The van der Waals surface area contributed by atoms with E-state index in [2.05, 4.69) is 0 Å². The maximum atomic E-state index is 14.1. The van der Waals surface area contributed by atoms with E-state index in [0.29, 0.717) is 5.56 Å². The lowest BCUT2D eigenvalue weighted by atomic mass is 9.44. The number of aliphatic hydroxyl groups excluding tert-OH is 2. The minimum absolute atomic E-state index is 0.00953. The number of hydrogen-bond donors (Lipinski definition) is 4. The van der Waals surface area contributed by atoms with E-state index in [1.165, 1.54) is 6.07 Å². The van der Waals surface area contributed by atoms with Crippen LogP contribution in [-0.4, -0.2) is 43.4 Å². The number of Topliss-reactive ketones (excluding diaryl/α,β-unsaturated/α-hetero) is 3. The number of carbonyl (C=O) groups is 3. The van der Waals surface area contributed by atoms with Crippen LogP contribution in [0, 0.1) is 22.7 Å². The highest BCUT2D eigenvalue weighted by Gasteiger charge is 2.71. The highest BCUT2D eigenvalue weighted by Crippen LogP contribution is 2.65. The Morgan fingerprint density at radius 3 is 2.25 bits per heavy atom. The molecule has 40 heavy (non-hydrogen) atoms. The van der Waals surface area contributed by atoms with Crippen LogP contribution in [-0.2, 0) is 16.0 Å². The number of benzene rings is 2. The third-order valence-electron chi connectivity index (χ3n) is 9.18. The molecule has 0 saturated heterocycles. The van der Waals surface area contributed by atoms with Crippen LogP contribution in [0.2, 0.25) is 0 Å². The number of phenols is 1. The lowest BCUT2D eigenvalue weighted by Gasteiger charge is -2.59. The molecular weight excluding hydrogens is 508 g/mol. The maximum Gasteiger partial charge on any atom is 0.209 e. The van der Waals surface area contributed by atoms with Crippen molar-refractivity contribution in [1.29, 1.82) is 0 Å². The second-order valence-electron chi connectivity index (χ2n) is 12.2. The zero-order valence-electron chi connectivity index (χ0n) is 23.3. The lowest BCUT2D eigenvalue weighted by Crippen LogP contribution is -2.67. The molecule has 0 spiro atoms. The molecule has 0 bridgehead atoms. The molecule has 4 atom stereocenters. The summed E-state index contributed by atoms with van der Waals surface area (Å²) < 4.78 is 0. The Hall–Kier alpha value is -3.97. The molecule has 7 nitrogen and oxygen atoms in total. The molecule has 1 unspecified atom stereocenters. The molecule has 0 radical (unpaired) electrons. The molecule has 0 aliphatic heterocycles. The summed E-state index contributed by atoms with van der Waals surface area (Å²) >= 11 is 0. The van der Waals surface area contributed by atoms with Crippen molar-refractivity contribution in [3.63, 3.8) is 0 Å². The minimum Gasteiger partial charge on any atom is -0.511 e. The summed E-state index contributed by atoms with van der Waals surface area (Å²) in [4.78, 5) is 40.3. The van der Waals surface area contributed by atoms with Gasteiger partial charge in [0.15, 0.2) is 17.2 Å². The van der Waals surface area contributed by atoms with Gasteiger partial charge in [-0.05, 0) is 48.4 Å². The lowest BCUT2D eigenvalue weighted by molar-refractivity contribution is -0.171. The van der Waals surface area contributed by atoms with Crippen LogP contribution < -0.4 is 0 Å². The van der Waals surface area contributed by atoms with Crippen molar-refractivity contribution in [2.24, 2.45) is 22.7 Å². The maximum absolute atomic E-state index is 14.1. The fraction of sp³-hybridized carbons (Fsp3) is 0.364. The van der Waals surface area contributed by atoms with Crippen molar-refractivity contribution in [1.82, 2.24) is 0 Å². The summed E-state index contributed by atoms with van der Waals surface area (Å²) in [6, 6.07) is 12.8. The van der Waals surface area contributed by atoms with Crippen LogP contribution in [0.1, 0.15) is 68.1 Å². The summed E-state index contributed by atoms with van der Waals surface area (Å²) in [5.41, 5.74) is -3.55. The molecule has 0 saturated carbocycles. The van der Waals surface area contributed by atoms with Gasteiger partial charge in [-0.3, -0.25) is 14.4 Å². The summed E-state index contributed by atoms with van der Waals surface area (Å²) in [6.45, 7) is 8.16. The average molecular weight is 543 g/mol. The number of fused-ring (bicyclic) bond motifs is 3. The third kappa shape index (κ3) is 3.57. The topological polar surface area (TPSA) is 132 Å². The molecular formula is C33H34O7. The van der Waals surface area contributed by atoms with Gasteiger partial charge in [-0.2, -0.15) is 0 Å². The monoisotopic (exact) mass is 542 g/mol. The predicted molar refractivity (Wildman–Crippen MR) is 151 cm³/mol. The van der Waals surface area contributed by atoms with Crippen LogP contribution in [0.4, 0.5) is 0 Å². The molecule has 0 aromatic heterocycles. The third-order valence-corrected chi connectivity index (χ3v) is 9.18. The van der Waals surface area contributed by atoms with Crippen LogP contribution in [0.3, 0.4) is 0 Å². The fourth-order valence-corrected chi connectivity index (χ4v) is 7.66. The van der Waals surface area contributed by atoms with Crippen LogP contribution in [0.5, 0.6) is 5.75 Å². The van der Waals surface area contributed by atoms with Crippen molar-refractivity contribution in [2.75, 3.05) is 0 Å². The molecule has 7 heteroatoms. The van der Waals surface area contributed by atoms with Crippen LogP contribution in [0.15, 0.2) is 65.1 Å². The summed E-state index contributed by atoms with van der Waals surface area (Å²) in [5, 5.41) is 45.9. The van der Waals surface area contributed by atoms with E-state index in [-0.39, 0.29) is 35.6 Å². The number of aliphatic hydroxyl groups is 3. The molecule has 2 aromatic rings. The molecule has 3 aliphatic carbocycles. The van der Waals surface area contributed by atoms with Crippen LogP contribution >= 0.6 is 0 Å². The van der Waals surface area contributed by atoms with E-state index in [1.807, 2.05) is 56.3 Å². The second-order valence-corrected chi connectivity index (χ2v) is 12.2. The quantitative estimate of drug-likeness (QED) is 0.296. The Labute approximate surface area is 233 Å². The number of rotatable bonds is 4. The van der Waals surface area contributed by atoms with Gasteiger partial charge in [-0.25, -0.2) is 0 Å². The minimum atomic E-state index is -2.61. The number of allylic oxidation sites excluding steroid dienone is 2. The van der Waals surface area contributed by atoms with Crippen molar-refractivity contribution < 1.29 is 34.8 Å². The van der Waals surface area contributed by atoms with Gasteiger partial charge in [0.25, 0.3) is 0 Å². The van der Waals surface area contributed by atoms with Crippen molar-refractivity contribution in [2.45, 2.75) is 53.1 Å². The zero-order valence-corrected chi connectivity index (χ0v) is 23.3. The van der Waals surface area contributed by atoms with Crippen molar-refractivity contribution in [3.8, 4) is 5.75 Å². The first-order chi connectivity index (χ1) is 18.7. The highest BCUT2D eigenvalue weighted by atomic mass is 16.3. The first kappa shape index (κ1) is 27.6. The molecule has 3 aliphatic rings. The summed E-state index contributed by atoms with van der Waals surface area (Å²) in [6.07, 6.45) is 4.06. The molecule has 0 amide bonds. The predicted octanol–water partition coefficient (Wildman–Crippen LogP) is 5.52. The smallest absolute Gasteiger partial charge is 0.209 e. The van der Waals surface area contributed by atoms with Crippen molar-refractivity contribution >= 4 is 29.5 Å². The van der Waals surface area contributed by atoms with E-state index >= 15 is 0 Å². The summed E-state index contributed by atoms with van der Waals surface area (Å²) in [5.74, 6) is -5.19. The van der Waals surface area contributed by atoms with Gasteiger partial charge < -0.3 is 20.4 Å². The number of aromatic hydroxyl groups is 1. The van der Waals surface area contributed by atoms with Gasteiger partial charge >= 0.3 is 0 Å². The number of phenolic OH excluding ortho intramolecular Hbond substituents is 1. The van der Waals surface area contributed by atoms with E-state index in [0.717, 1.165) is 18.1 Å². The number of hydrogen-bond acceptors (Lipinski definition) is 7. The normalized spacial score (nSPS) is 30.0. The van der Waals surface area contributed by atoms with E-state index in [9.17, 15) is 34.8 Å². The Kier molecular flexibility index (Phi) is 6.23. The van der Waals surface area contributed by atoms with E-state index < -0.39 is 56.8 Å². The zero-order chi connectivity index (χ0) is 29.4. The SMILES string of the molecule is CC(=O)C1=C(O)C(C(C)C)[C@@]2(C)C[C@@]3(C)Cc4c(/C=C/c5ccccc5)ccc(O)c4C(=O)C3=C(O)[C@@]2(O)C1=O. The molecule has 0 fully saturated rings. The second kappa shape index (κ2) is 9.03. The fourth-order valence-electron chi connectivity index (χ4n) is 7.66. The molecule has 4 N–H and O–H groups in total. The molecule has 2 aromatic carbocycles. The van der Waals surface area contributed by atoms with E-state index in [4.69, 9.17) is 0 Å². The largest absolute Gasteiger partial charge is 0.511 e. The first-order valence-electron chi connectivity index (χ1n) is 13.5. The van der Waals surface area contributed by atoms with Gasteiger partial charge in [-0.15, -0.1) is 0 Å². The molecule has 5 rings (SSSR count). The van der Waals surface area contributed by atoms with Crippen molar-refractivity contribution in [3.05, 3.63) is 87.4 Å². The highest BCUT2D eigenvalue weighted by molar-refractivity contribution is 6.25. The average Bonchev–Trinajstić information content (AvgIpc) is 2.86. The number of carbonyl (C=O) groups excluding carboxylic acids is 3.